The third-order valence-corrected chi connectivity index (χ3v) is 5.44. The van der Waals surface area contributed by atoms with Gasteiger partial charge in [-0.15, -0.1) is 0 Å². The van der Waals surface area contributed by atoms with Crippen LogP contribution in [0, 0.1) is 11.6 Å². The predicted molar refractivity (Wildman–Crippen MR) is 115 cm³/mol. The fourth-order valence-corrected chi connectivity index (χ4v) is 3.84. The van der Waals surface area contributed by atoms with Crippen molar-refractivity contribution in [1.29, 1.82) is 0 Å². The molecule has 9 nitrogen and oxygen atoms in total. The molecule has 0 unspecified atom stereocenters. The van der Waals surface area contributed by atoms with E-state index in [4.69, 9.17) is 9.57 Å². The maximum Gasteiger partial charge on any atom is 0.414 e. The first kappa shape index (κ1) is 22.9. The van der Waals surface area contributed by atoms with Gasteiger partial charge in [-0.05, 0) is 17.7 Å². The average molecular weight is 461 g/mol. The Labute approximate surface area is 189 Å². The van der Waals surface area contributed by atoms with Gasteiger partial charge < -0.3 is 15.0 Å². The molecular weight excluding hydrogens is 436 g/mol. The Morgan fingerprint density at radius 2 is 1.91 bits per heavy atom. The first-order chi connectivity index (χ1) is 15.9. The molecule has 2 saturated heterocycles. The number of amides is 2. The molecule has 0 bridgehead atoms. The second-order valence-corrected chi connectivity index (χ2v) is 7.85. The van der Waals surface area contributed by atoms with Crippen LogP contribution in [-0.4, -0.2) is 67.5 Å². The first-order valence-corrected chi connectivity index (χ1v) is 10.6. The molecule has 3 heterocycles. The lowest BCUT2D eigenvalue weighted by Gasteiger charge is -2.24. The van der Waals surface area contributed by atoms with Crippen LogP contribution < -0.4 is 15.1 Å². The summed E-state index contributed by atoms with van der Waals surface area (Å²) in [4.78, 5) is 35.7. The first-order valence-electron chi connectivity index (χ1n) is 10.6. The molecule has 0 saturated carbocycles. The molecular formula is C22H25F2N5O4. The number of ether oxygens (including phenoxy) is 1. The van der Waals surface area contributed by atoms with Crippen molar-refractivity contribution in [1.82, 2.24) is 15.4 Å². The van der Waals surface area contributed by atoms with Gasteiger partial charge in [0.2, 0.25) is 5.91 Å². The van der Waals surface area contributed by atoms with E-state index < -0.39 is 23.8 Å². The second kappa shape index (κ2) is 10.1. The molecule has 0 spiro atoms. The second-order valence-electron chi connectivity index (χ2n) is 7.85. The third-order valence-electron chi connectivity index (χ3n) is 5.44. The quantitative estimate of drug-likeness (QED) is 0.705. The average Bonchev–Trinajstić information content (AvgIpc) is 3.01. The van der Waals surface area contributed by atoms with Crippen LogP contribution in [0.2, 0.25) is 0 Å². The van der Waals surface area contributed by atoms with E-state index >= 15 is 8.78 Å². The standard InChI is InChI=1S/C22H25F2N5O4/c1-15(30)26-12-18-14-29(22(31)33-18)17-10-19(23)21(20(24)11-17)27-6-7-28(32-9-8-27)13-16-2-4-25-5-3-16/h2-5,10-11,18H,6-9,12-14H2,1H3,(H,26,30)/t18-/m0/s1. The van der Waals surface area contributed by atoms with Crippen LogP contribution in [0.3, 0.4) is 0 Å². The molecule has 2 fully saturated rings. The van der Waals surface area contributed by atoms with Gasteiger partial charge in [-0.25, -0.2) is 13.6 Å². The van der Waals surface area contributed by atoms with Crippen LogP contribution in [0.4, 0.5) is 25.0 Å². The van der Waals surface area contributed by atoms with Gasteiger partial charge in [0.25, 0.3) is 0 Å². The minimum Gasteiger partial charge on any atom is -0.442 e. The summed E-state index contributed by atoms with van der Waals surface area (Å²) in [6.07, 6.45) is 2.08. The smallest absolute Gasteiger partial charge is 0.414 e. The topological polar surface area (TPSA) is 87.2 Å². The lowest BCUT2D eigenvalue weighted by Crippen LogP contribution is -2.33. The van der Waals surface area contributed by atoms with Crippen LogP contribution in [0.25, 0.3) is 0 Å². The molecule has 0 radical (unpaired) electrons. The Bertz CT molecular complexity index is 987. The lowest BCUT2D eigenvalue weighted by molar-refractivity contribution is -0.154. The SMILES string of the molecule is CC(=O)NC[C@H]1CN(c2cc(F)c(N3CCON(Cc4ccncc4)CC3)c(F)c2)C(=O)O1. The number of carbonyl (C=O) groups excluding carboxylic acids is 2. The zero-order valence-corrected chi connectivity index (χ0v) is 18.2. The fourth-order valence-electron chi connectivity index (χ4n) is 3.84. The summed E-state index contributed by atoms with van der Waals surface area (Å²) in [5.41, 5.74) is 0.930. The van der Waals surface area contributed by atoms with E-state index in [1.54, 1.807) is 22.4 Å². The van der Waals surface area contributed by atoms with Crippen molar-refractivity contribution in [2.75, 3.05) is 49.1 Å². The Morgan fingerprint density at radius 3 is 2.61 bits per heavy atom. The van der Waals surface area contributed by atoms with Gasteiger partial charge in [0, 0.05) is 57.6 Å². The van der Waals surface area contributed by atoms with Crippen molar-refractivity contribution in [2.24, 2.45) is 0 Å². The number of hydroxylamine groups is 2. The summed E-state index contributed by atoms with van der Waals surface area (Å²) in [5, 5.41) is 4.32. The van der Waals surface area contributed by atoms with Gasteiger partial charge in [-0.2, -0.15) is 5.06 Å². The van der Waals surface area contributed by atoms with Crippen molar-refractivity contribution in [2.45, 2.75) is 19.6 Å². The molecule has 1 N–H and O–H groups in total. The predicted octanol–water partition coefficient (Wildman–Crippen LogP) is 2.07. The number of halogens is 2. The normalized spacial score (nSPS) is 19.4. The summed E-state index contributed by atoms with van der Waals surface area (Å²) >= 11 is 0. The number of hydrogen-bond acceptors (Lipinski definition) is 7. The summed E-state index contributed by atoms with van der Waals surface area (Å²) < 4.78 is 35.2. The van der Waals surface area contributed by atoms with Gasteiger partial charge in [0.1, 0.15) is 11.8 Å². The van der Waals surface area contributed by atoms with E-state index in [1.807, 2.05) is 12.1 Å². The number of nitrogens with one attached hydrogen (secondary N) is 1. The minimum atomic E-state index is -0.773. The van der Waals surface area contributed by atoms with Gasteiger partial charge in [0.05, 0.1) is 25.4 Å². The zero-order valence-electron chi connectivity index (χ0n) is 18.2. The van der Waals surface area contributed by atoms with E-state index in [-0.39, 0.29) is 37.0 Å². The number of cyclic esters (lactones) is 1. The van der Waals surface area contributed by atoms with Crippen molar-refractivity contribution in [3.63, 3.8) is 0 Å². The molecule has 1 aromatic carbocycles. The summed E-state index contributed by atoms with van der Waals surface area (Å²) in [6, 6.07) is 6.02. The molecule has 0 aliphatic carbocycles. The summed E-state index contributed by atoms with van der Waals surface area (Å²) in [5.74, 6) is -1.80. The van der Waals surface area contributed by atoms with E-state index in [1.165, 1.54) is 6.92 Å². The number of anilines is 2. The van der Waals surface area contributed by atoms with E-state index in [2.05, 4.69) is 10.3 Å². The molecule has 2 amide bonds. The highest BCUT2D eigenvalue weighted by molar-refractivity contribution is 5.90. The molecule has 11 heteroatoms. The highest BCUT2D eigenvalue weighted by Crippen LogP contribution is 2.31. The Hall–Kier alpha value is -3.31. The number of benzene rings is 1. The maximum atomic E-state index is 15.0. The van der Waals surface area contributed by atoms with Crippen molar-refractivity contribution < 1.29 is 27.9 Å². The van der Waals surface area contributed by atoms with Crippen LogP contribution in [0.1, 0.15) is 12.5 Å². The monoisotopic (exact) mass is 461 g/mol. The zero-order chi connectivity index (χ0) is 23.4. The van der Waals surface area contributed by atoms with Crippen molar-refractivity contribution in [3.8, 4) is 0 Å². The van der Waals surface area contributed by atoms with E-state index in [0.29, 0.717) is 26.2 Å². The van der Waals surface area contributed by atoms with Crippen LogP contribution >= 0.6 is 0 Å². The van der Waals surface area contributed by atoms with Crippen LogP contribution in [0.15, 0.2) is 36.7 Å². The molecule has 176 valence electrons. The Kier molecular flexibility index (Phi) is 6.99. The van der Waals surface area contributed by atoms with E-state index in [0.717, 1.165) is 22.6 Å². The van der Waals surface area contributed by atoms with Crippen molar-refractivity contribution in [3.05, 3.63) is 53.9 Å². The Balaban J connectivity index is 1.43. The third kappa shape index (κ3) is 5.55. The summed E-state index contributed by atoms with van der Waals surface area (Å²) in [6.45, 7) is 3.50. The molecule has 2 aliphatic rings. The van der Waals surface area contributed by atoms with Crippen LogP contribution in [-0.2, 0) is 20.9 Å². The molecule has 1 aromatic heterocycles. The number of aromatic nitrogens is 1. The highest BCUT2D eigenvalue weighted by Gasteiger charge is 2.34. The Morgan fingerprint density at radius 1 is 1.18 bits per heavy atom. The number of rotatable bonds is 6. The van der Waals surface area contributed by atoms with Gasteiger partial charge in [0.15, 0.2) is 11.6 Å². The van der Waals surface area contributed by atoms with Crippen molar-refractivity contribution >= 4 is 23.4 Å². The molecule has 2 aromatic rings. The number of hydrogen-bond donors (Lipinski definition) is 1. The van der Waals surface area contributed by atoms with Gasteiger partial charge in [-0.1, -0.05) is 0 Å². The molecule has 33 heavy (non-hydrogen) atoms. The molecule has 1 atom stereocenters. The highest BCUT2D eigenvalue weighted by atomic mass is 19.1. The van der Waals surface area contributed by atoms with E-state index in [9.17, 15) is 9.59 Å². The number of pyridine rings is 1. The molecule has 2 aliphatic heterocycles. The lowest BCUT2D eigenvalue weighted by atomic mass is 10.2. The number of carbonyl (C=O) groups is 2. The number of nitrogens with zero attached hydrogens (tertiary/aromatic N) is 4. The van der Waals surface area contributed by atoms with Gasteiger partial charge >= 0.3 is 6.09 Å². The molecule has 4 rings (SSSR count). The van der Waals surface area contributed by atoms with Crippen LogP contribution in [0.5, 0.6) is 0 Å². The fraction of sp³-hybridized carbons (Fsp3) is 0.409. The summed E-state index contributed by atoms with van der Waals surface area (Å²) in [7, 11) is 0. The van der Waals surface area contributed by atoms with Gasteiger partial charge in [-0.3, -0.25) is 19.5 Å². The minimum absolute atomic E-state index is 0.0643. The largest absolute Gasteiger partial charge is 0.442 e. The maximum absolute atomic E-state index is 15.0.